The lowest BCUT2D eigenvalue weighted by molar-refractivity contribution is -0.145. The van der Waals surface area contributed by atoms with Crippen LogP contribution in [0.4, 0.5) is 5.69 Å². The summed E-state index contributed by atoms with van der Waals surface area (Å²) in [7, 11) is 1.29. The fourth-order valence-electron chi connectivity index (χ4n) is 3.90. The molecule has 3 aromatic rings. The number of halogens is 1. The highest BCUT2D eigenvalue weighted by atomic mass is 35.5. The molecule has 8 heteroatoms. The molecule has 160 valence electrons. The van der Waals surface area contributed by atoms with Gasteiger partial charge in [-0.1, -0.05) is 29.8 Å². The van der Waals surface area contributed by atoms with E-state index in [1.54, 1.807) is 29.2 Å². The first-order chi connectivity index (χ1) is 15.0. The van der Waals surface area contributed by atoms with Gasteiger partial charge in [-0.2, -0.15) is 0 Å². The lowest BCUT2D eigenvalue weighted by Gasteiger charge is -2.19. The molecule has 0 saturated carbocycles. The van der Waals surface area contributed by atoms with E-state index in [-0.39, 0.29) is 31.2 Å². The molecule has 4 rings (SSSR count). The van der Waals surface area contributed by atoms with E-state index >= 15 is 0 Å². The minimum absolute atomic E-state index is 0.0788. The number of aromatic nitrogens is 1. The second-order valence-corrected chi connectivity index (χ2v) is 7.97. The Hall–Kier alpha value is -3.32. The molecule has 2 atom stereocenters. The third-order valence-corrected chi connectivity index (χ3v) is 5.79. The summed E-state index contributed by atoms with van der Waals surface area (Å²) in [6, 6.07) is 13.8. The smallest absolute Gasteiger partial charge is 0.328 e. The quantitative estimate of drug-likeness (QED) is 0.577. The number of anilines is 1. The Morgan fingerprint density at radius 2 is 1.97 bits per heavy atom. The van der Waals surface area contributed by atoms with Crippen molar-refractivity contribution in [2.24, 2.45) is 5.92 Å². The number of hydrogen-bond donors (Lipinski definition) is 2. The molecule has 2 amide bonds. The number of nitrogens with one attached hydrogen (secondary N) is 2. The van der Waals surface area contributed by atoms with Gasteiger partial charge in [-0.3, -0.25) is 9.59 Å². The average molecular weight is 440 g/mol. The maximum absolute atomic E-state index is 12.9. The van der Waals surface area contributed by atoms with Crippen molar-refractivity contribution in [3.63, 3.8) is 0 Å². The van der Waals surface area contributed by atoms with Crippen LogP contribution in [-0.4, -0.2) is 42.5 Å². The zero-order valence-electron chi connectivity index (χ0n) is 16.9. The number of ether oxygens (including phenoxy) is 1. The molecule has 2 aromatic carbocycles. The van der Waals surface area contributed by atoms with E-state index < -0.39 is 17.9 Å². The van der Waals surface area contributed by atoms with E-state index in [4.69, 9.17) is 16.3 Å². The standard InChI is InChI=1S/C23H22ClN3O4/c1-31-23(30)20(10-14-12-25-19-5-3-2-4-18(14)19)26-22(29)15-11-21(28)27(13-15)17-8-6-16(24)7-9-17/h2-9,12,15,20,25H,10-11,13H2,1H3,(H,26,29). The van der Waals surface area contributed by atoms with Gasteiger partial charge in [0.15, 0.2) is 0 Å². The Morgan fingerprint density at radius 3 is 2.71 bits per heavy atom. The van der Waals surface area contributed by atoms with Crippen molar-refractivity contribution < 1.29 is 19.1 Å². The topological polar surface area (TPSA) is 91.5 Å². The van der Waals surface area contributed by atoms with Crippen LogP contribution in [0.5, 0.6) is 0 Å². The molecule has 2 N–H and O–H groups in total. The first kappa shape index (κ1) is 20.9. The highest BCUT2D eigenvalue weighted by Crippen LogP contribution is 2.27. The minimum atomic E-state index is -0.851. The molecule has 1 aliphatic rings. The number of rotatable bonds is 6. The van der Waals surface area contributed by atoms with Gasteiger partial charge in [0.1, 0.15) is 6.04 Å². The molecule has 0 aliphatic carbocycles. The molecular formula is C23H22ClN3O4. The van der Waals surface area contributed by atoms with Crippen LogP contribution in [0.25, 0.3) is 10.9 Å². The normalized spacial score (nSPS) is 17.0. The predicted molar refractivity (Wildman–Crippen MR) is 118 cm³/mol. The third kappa shape index (κ3) is 4.41. The van der Waals surface area contributed by atoms with E-state index in [2.05, 4.69) is 10.3 Å². The number of methoxy groups -OCH3 is 1. The van der Waals surface area contributed by atoms with Crippen molar-refractivity contribution in [2.45, 2.75) is 18.9 Å². The maximum Gasteiger partial charge on any atom is 0.328 e. The van der Waals surface area contributed by atoms with Gasteiger partial charge in [0.2, 0.25) is 11.8 Å². The van der Waals surface area contributed by atoms with E-state index in [1.165, 1.54) is 7.11 Å². The van der Waals surface area contributed by atoms with Gasteiger partial charge in [-0.25, -0.2) is 4.79 Å². The number of amides is 2. The number of nitrogens with zero attached hydrogens (tertiary/aromatic N) is 1. The molecule has 7 nitrogen and oxygen atoms in total. The van der Waals surface area contributed by atoms with Crippen molar-refractivity contribution >= 4 is 46.0 Å². The second-order valence-electron chi connectivity index (χ2n) is 7.53. The third-order valence-electron chi connectivity index (χ3n) is 5.54. The lowest BCUT2D eigenvalue weighted by atomic mass is 10.0. The Labute approximate surface area is 184 Å². The molecular weight excluding hydrogens is 418 g/mol. The Morgan fingerprint density at radius 1 is 1.23 bits per heavy atom. The second kappa shape index (κ2) is 8.81. The first-order valence-electron chi connectivity index (χ1n) is 9.95. The largest absolute Gasteiger partial charge is 0.467 e. The van der Waals surface area contributed by atoms with Crippen molar-refractivity contribution in [1.82, 2.24) is 10.3 Å². The average Bonchev–Trinajstić information content (AvgIpc) is 3.37. The molecule has 0 spiro atoms. The van der Waals surface area contributed by atoms with Crippen LogP contribution in [0.1, 0.15) is 12.0 Å². The van der Waals surface area contributed by atoms with E-state index in [0.29, 0.717) is 10.7 Å². The number of aromatic amines is 1. The number of carbonyl (C=O) groups is 3. The highest BCUT2D eigenvalue weighted by molar-refractivity contribution is 6.30. The van der Waals surface area contributed by atoms with Crippen LogP contribution in [0.3, 0.4) is 0 Å². The van der Waals surface area contributed by atoms with Crippen LogP contribution < -0.4 is 10.2 Å². The SMILES string of the molecule is COC(=O)C(Cc1c[nH]c2ccccc12)NC(=O)C1CC(=O)N(c2ccc(Cl)cc2)C1. The van der Waals surface area contributed by atoms with Gasteiger partial charge in [0.25, 0.3) is 0 Å². The van der Waals surface area contributed by atoms with Crippen molar-refractivity contribution in [1.29, 1.82) is 0 Å². The number of benzene rings is 2. The summed E-state index contributed by atoms with van der Waals surface area (Å²) in [6.07, 6.45) is 2.19. The fraction of sp³-hybridized carbons (Fsp3) is 0.261. The maximum atomic E-state index is 12.9. The Bertz CT molecular complexity index is 1130. The zero-order chi connectivity index (χ0) is 22.0. The number of H-pyrrole nitrogens is 1. The molecule has 2 unspecified atom stereocenters. The Kier molecular flexibility index (Phi) is 5.95. The van der Waals surface area contributed by atoms with E-state index in [9.17, 15) is 14.4 Å². The Balaban J connectivity index is 1.47. The molecule has 1 aromatic heterocycles. The molecule has 2 heterocycles. The summed E-state index contributed by atoms with van der Waals surface area (Å²) in [6.45, 7) is 0.243. The number of hydrogen-bond acceptors (Lipinski definition) is 4. The number of para-hydroxylation sites is 1. The summed E-state index contributed by atoms with van der Waals surface area (Å²) in [5, 5.41) is 4.34. The summed E-state index contributed by atoms with van der Waals surface area (Å²) < 4.78 is 4.91. The lowest BCUT2D eigenvalue weighted by Crippen LogP contribution is -2.46. The molecule has 1 fully saturated rings. The molecule has 1 aliphatic heterocycles. The molecule has 1 saturated heterocycles. The minimum Gasteiger partial charge on any atom is -0.467 e. The predicted octanol–water partition coefficient (Wildman–Crippen LogP) is 3.07. The van der Waals surface area contributed by atoms with Crippen molar-refractivity contribution in [3.8, 4) is 0 Å². The summed E-state index contributed by atoms with van der Waals surface area (Å²) in [5.74, 6) is -1.58. The number of fused-ring (bicyclic) bond motifs is 1. The fourth-order valence-corrected chi connectivity index (χ4v) is 4.03. The first-order valence-corrected chi connectivity index (χ1v) is 10.3. The van der Waals surface area contributed by atoms with Gasteiger partial charge in [-0.15, -0.1) is 0 Å². The van der Waals surface area contributed by atoms with Crippen LogP contribution in [0, 0.1) is 5.92 Å². The van der Waals surface area contributed by atoms with Crippen molar-refractivity contribution in [3.05, 3.63) is 65.3 Å². The van der Waals surface area contributed by atoms with Crippen LogP contribution in [0.2, 0.25) is 5.02 Å². The highest BCUT2D eigenvalue weighted by Gasteiger charge is 2.37. The van der Waals surface area contributed by atoms with Gasteiger partial charge in [0, 0.05) is 47.2 Å². The van der Waals surface area contributed by atoms with Crippen LogP contribution in [-0.2, 0) is 25.5 Å². The van der Waals surface area contributed by atoms with E-state index in [0.717, 1.165) is 16.5 Å². The summed E-state index contributed by atoms with van der Waals surface area (Å²) in [4.78, 5) is 42.5. The van der Waals surface area contributed by atoms with E-state index in [1.807, 2.05) is 30.5 Å². The van der Waals surface area contributed by atoms with Gasteiger partial charge in [-0.05, 0) is 35.9 Å². The van der Waals surface area contributed by atoms with Crippen LogP contribution in [0.15, 0.2) is 54.7 Å². The number of carbonyl (C=O) groups excluding carboxylic acids is 3. The van der Waals surface area contributed by atoms with Gasteiger partial charge < -0.3 is 19.9 Å². The molecule has 0 bridgehead atoms. The monoisotopic (exact) mass is 439 g/mol. The zero-order valence-corrected chi connectivity index (χ0v) is 17.7. The molecule has 31 heavy (non-hydrogen) atoms. The van der Waals surface area contributed by atoms with Gasteiger partial charge in [0.05, 0.1) is 13.0 Å². The molecule has 0 radical (unpaired) electrons. The summed E-state index contributed by atoms with van der Waals surface area (Å²) >= 11 is 5.92. The number of esters is 1. The van der Waals surface area contributed by atoms with Crippen molar-refractivity contribution in [2.75, 3.05) is 18.6 Å². The van der Waals surface area contributed by atoms with Crippen LogP contribution >= 0.6 is 11.6 Å². The summed E-state index contributed by atoms with van der Waals surface area (Å²) in [5.41, 5.74) is 2.54. The van der Waals surface area contributed by atoms with Gasteiger partial charge >= 0.3 is 5.97 Å².